The van der Waals surface area contributed by atoms with Crippen LogP contribution in [0, 0.1) is 0 Å². The topological polar surface area (TPSA) is 45.2 Å². The van der Waals surface area contributed by atoms with Gasteiger partial charge in [-0.25, -0.2) is 0 Å². The van der Waals surface area contributed by atoms with Gasteiger partial charge in [0.1, 0.15) is 11.5 Å². The van der Waals surface area contributed by atoms with E-state index in [4.69, 9.17) is 9.47 Å². The highest BCUT2D eigenvalue weighted by atomic mass is 16.7. The summed E-state index contributed by atoms with van der Waals surface area (Å²) in [5, 5.41) is 9.92. The van der Waals surface area contributed by atoms with E-state index in [0.717, 1.165) is 38.2 Å². The van der Waals surface area contributed by atoms with Crippen LogP contribution >= 0.6 is 0 Å². The number of nitrogens with zero attached hydrogens (tertiary/aromatic N) is 2. The summed E-state index contributed by atoms with van der Waals surface area (Å²) in [6.45, 7) is 17.3. The summed E-state index contributed by atoms with van der Waals surface area (Å²) < 4.78 is 13.0. The van der Waals surface area contributed by atoms with Gasteiger partial charge in [0, 0.05) is 6.42 Å². The fourth-order valence-electron chi connectivity index (χ4n) is 9.24. The molecule has 1 aromatic carbocycles. The third kappa shape index (κ3) is 41.8. The molecule has 0 radical (unpaired) electrons. The molecule has 1 unspecified atom stereocenters. The van der Waals surface area contributed by atoms with Gasteiger partial charge in [-0.15, -0.1) is 0 Å². The minimum atomic E-state index is -0.253. The second-order valence-electron chi connectivity index (χ2n) is 19.8. The lowest BCUT2D eigenvalue weighted by molar-refractivity contribution is -0.0873. The van der Waals surface area contributed by atoms with Gasteiger partial charge in [0.15, 0.2) is 6.29 Å². The van der Waals surface area contributed by atoms with E-state index < -0.39 is 0 Å². The third-order valence-corrected chi connectivity index (χ3v) is 13.5. The van der Waals surface area contributed by atoms with E-state index in [-0.39, 0.29) is 12.0 Å². The highest BCUT2D eigenvalue weighted by Gasteiger charge is 2.14. The van der Waals surface area contributed by atoms with Crippen LogP contribution in [0.25, 0.3) is 0 Å². The van der Waals surface area contributed by atoms with Crippen LogP contribution in [0.1, 0.15) is 285 Å². The van der Waals surface area contributed by atoms with Crippen LogP contribution in [0.2, 0.25) is 0 Å². The smallest absolute Gasteiger partial charge is 0.199 e. The SMILES string of the molecule is CCCCCCCCCCCN(CCCCCCCCCCC)CCCCOC(CCCN(CCCCCCCCCCC)CCCCCCCCCCC)Oc1ccc(O)cc1. The van der Waals surface area contributed by atoms with Crippen LogP contribution in [-0.4, -0.2) is 67.1 Å². The first-order valence-corrected chi connectivity index (χ1v) is 28.6. The molecule has 0 heterocycles. The number of phenols is 1. The minimum Gasteiger partial charge on any atom is -0.508 e. The molecule has 1 atom stereocenters. The molecule has 372 valence electrons. The lowest BCUT2D eigenvalue weighted by Crippen LogP contribution is -2.29. The maximum Gasteiger partial charge on any atom is 0.199 e. The molecule has 1 rings (SSSR count). The Morgan fingerprint density at radius 1 is 0.349 bits per heavy atom. The largest absolute Gasteiger partial charge is 0.508 e. The lowest BCUT2D eigenvalue weighted by Gasteiger charge is -2.25. The minimum absolute atomic E-state index is 0.253. The predicted molar refractivity (Wildman–Crippen MR) is 279 cm³/mol. The molecule has 0 aliphatic carbocycles. The van der Waals surface area contributed by atoms with Crippen molar-refractivity contribution in [1.82, 2.24) is 9.80 Å². The monoisotopic (exact) mass is 885 g/mol. The molecule has 0 aliphatic rings. The van der Waals surface area contributed by atoms with Crippen molar-refractivity contribution in [2.75, 3.05) is 45.9 Å². The molecule has 1 aromatic rings. The average molecular weight is 886 g/mol. The van der Waals surface area contributed by atoms with Gasteiger partial charge in [0.05, 0.1) is 6.61 Å². The van der Waals surface area contributed by atoms with Gasteiger partial charge < -0.3 is 24.4 Å². The Bertz CT molecular complexity index is 960. The number of benzene rings is 1. The summed E-state index contributed by atoms with van der Waals surface area (Å²) in [5.41, 5.74) is 0. The molecule has 0 amide bonds. The van der Waals surface area contributed by atoms with Gasteiger partial charge in [0.25, 0.3) is 0 Å². The number of aromatic hydroxyl groups is 1. The Morgan fingerprint density at radius 2 is 0.619 bits per heavy atom. The lowest BCUT2D eigenvalue weighted by atomic mass is 10.1. The Hall–Kier alpha value is -1.30. The van der Waals surface area contributed by atoms with Gasteiger partial charge >= 0.3 is 0 Å². The van der Waals surface area contributed by atoms with Gasteiger partial charge in [-0.05, 0) is 108 Å². The van der Waals surface area contributed by atoms with Gasteiger partial charge in [-0.1, -0.05) is 233 Å². The van der Waals surface area contributed by atoms with E-state index in [0.29, 0.717) is 0 Å². The Labute approximate surface area is 395 Å². The maximum absolute atomic E-state index is 9.92. The predicted octanol–water partition coefficient (Wildman–Crippen LogP) is 18.4. The first kappa shape index (κ1) is 59.7. The van der Waals surface area contributed by atoms with Crippen molar-refractivity contribution in [3.63, 3.8) is 0 Å². The summed E-state index contributed by atoms with van der Waals surface area (Å²) in [6, 6.07) is 7.20. The van der Waals surface area contributed by atoms with Crippen molar-refractivity contribution in [3.05, 3.63) is 24.3 Å². The zero-order chi connectivity index (χ0) is 45.4. The third-order valence-electron chi connectivity index (χ3n) is 13.5. The molecule has 63 heavy (non-hydrogen) atoms. The van der Waals surface area contributed by atoms with E-state index in [1.165, 1.54) is 270 Å². The molecule has 0 aliphatic heterocycles. The molecular weight excluding hydrogens is 773 g/mol. The van der Waals surface area contributed by atoms with Gasteiger partial charge in [-0.2, -0.15) is 0 Å². The molecular formula is C58H112N2O3. The van der Waals surface area contributed by atoms with E-state index >= 15 is 0 Å². The summed E-state index contributed by atoms with van der Waals surface area (Å²) in [5.74, 6) is 1.06. The van der Waals surface area contributed by atoms with Crippen LogP contribution in [0.3, 0.4) is 0 Å². The van der Waals surface area contributed by atoms with Crippen LogP contribution in [-0.2, 0) is 4.74 Å². The number of hydrogen-bond donors (Lipinski definition) is 1. The van der Waals surface area contributed by atoms with Crippen LogP contribution < -0.4 is 4.74 Å². The fraction of sp³-hybridized carbons (Fsp3) is 0.897. The molecule has 5 heteroatoms. The number of hydrogen-bond acceptors (Lipinski definition) is 5. The summed E-state index contributed by atoms with van der Waals surface area (Å²) in [4.78, 5) is 5.54. The second kappa shape index (κ2) is 48.6. The molecule has 1 N–H and O–H groups in total. The molecule has 0 fully saturated rings. The highest BCUT2D eigenvalue weighted by molar-refractivity contribution is 5.30. The molecule has 0 saturated heterocycles. The first-order chi connectivity index (χ1) is 31.1. The van der Waals surface area contributed by atoms with E-state index in [1.807, 2.05) is 12.1 Å². The quantitative estimate of drug-likeness (QED) is 0.0522. The van der Waals surface area contributed by atoms with Crippen LogP contribution in [0.15, 0.2) is 24.3 Å². The summed E-state index contributed by atoms with van der Waals surface area (Å²) >= 11 is 0. The van der Waals surface area contributed by atoms with E-state index in [9.17, 15) is 5.11 Å². The maximum atomic E-state index is 9.92. The molecule has 0 aromatic heterocycles. The number of ether oxygens (including phenoxy) is 2. The van der Waals surface area contributed by atoms with E-state index in [2.05, 4.69) is 37.5 Å². The Morgan fingerprint density at radius 3 is 0.937 bits per heavy atom. The van der Waals surface area contributed by atoms with Crippen LogP contribution in [0.4, 0.5) is 0 Å². The molecule has 0 spiro atoms. The van der Waals surface area contributed by atoms with E-state index in [1.54, 1.807) is 12.1 Å². The second-order valence-corrected chi connectivity index (χ2v) is 19.8. The highest BCUT2D eigenvalue weighted by Crippen LogP contribution is 2.21. The summed E-state index contributed by atoms with van der Waals surface area (Å²) in [7, 11) is 0. The first-order valence-electron chi connectivity index (χ1n) is 28.6. The number of phenolic OH excluding ortho intramolecular Hbond substituents is 1. The van der Waals surface area contributed by atoms with Crippen molar-refractivity contribution in [2.24, 2.45) is 0 Å². The fourth-order valence-corrected chi connectivity index (χ4v) is 9.24. The normalized spacial score (nSPS) is 12.3. The standard InChI is InChI=1S/C58H112N2O3/c1-5-9-13-17-21-25-29-33-37-49-59(50-38-34-30-26-22-18-14-10-6-2)53-41-42-55-62-58(63-57-47-45-56(61)46-48-57)44-43-54-60(51-39-35-31-27-23-19-15-11-7-3)52-40-36-32-28-24-20-16-12-8-4/h45-48,58,61H,5-44,49-55H2,1-4H3. The Kier molecular flexibility index (Phi) is 46.1. The Balaban J connectivity index is 2.64. The van der Waals surface area contributed by atoms with Crippen molar-refractivity contribution in [1.29, 1.82) is 0 Å². The van der Waals surface area contributed by atoms with Crippen molar-refractivity contribution in [3.8, 4) is 11.5 Å². The summed E-state index contributed by atoms with van der Waals surface area (Å²) in [6.07, 6.45) is 54.1. The molecule has 0 saturated carbocycles. The average Bonchev–Trinajstić information content (AvgIpc) is 3.29. The van der Waals surface area contributed by atoms with Crippen molar-refractivity contribution in [2.45, 2.75) is 291 Å². The van der Waals surface area contributed by atoms with Crippen molar-refractivity contribution < 1.29 is 14.6 Å². The zero-order valence-corrected chi connectivity index (χ0v) is 43.3. The van der Waals surface area contributed by atoms with Gasteiger partial charge in [0.2, 0.25) is 0 Å². The van der Waals surface area contributed by atoms with Crippen molar-refractivity contribution >= 4 is 0 Å². The number of rotatable bonds is 52. The van der Waals surface area contributed by atoms with Gasteiger partial charge in [-0.3, -0.25) is 0 Å². The number of unbranched alkanes of at least 4 members (excludes halogenated alkanes) is 33. The zero-order valence-electron chi connectivity index (χ0n) is 43.3. The molecule has 0 bridgehead atoms. The molecule has 5 nitrogen and oxygen atoms in total. The van der Waals surface area contributed by atoms with Crippen LogP contribution in [0.5, 0.6) is 11.5 Å².